The van der Waals surface area contributed by atoms with E-state index in [0.29, 0.717) is 0 Å². The van der Waals surface area contributed by atoms with Crippen molar-refractivity contribution in [1.82, 2.24) is 14.7 Å². The first-order valence-electron chi connectivity index (χ1n) is 6.58. The van der Waals surface area contributed by atoms with Gasteiger partial charge in [0, 0.05) is 38.3 Å². The molecule has 2 atom stereocenters. The molecule has 2 aliphatic heterocycles. The normalized spacial score (nSPS) is 28.9. The first-order valence-corrected chi connectivity index (χ1v) is 6.58. The molecule has 2 rings (SSSR count). The lowest BCUT2D eigenvalue weighted by Crippen LogP contribution is -2.62. The van der Waals surface area contributed by atoms with Gasteiger partial charge in [-0.1, -0.05) is 6.92 Å². The summed E-state index contributed by atoms with van der Waals surface area (Å²) in [6.45, 7) is 9.98. The third-order valence-corrected chi connectivity index (χ3v) is 4.79. The molecule has 0 spiro atoms. The number of rotatable bonds is 4. The second-order valence-corrected chi connectivity index (χ2v) is 6.15. The van der Waals surface area contributed by atoms with Gasteiger partial charge in [-0.25, -0.2) is 0 Å². The SMILES string of the molecule is CC(C1CN(C)C1)C(C)N1CC(N(C)C)C1. The maximum absolute atomic E-state index is 2.65. The number of hydrogen-bond acceptors (Lipinski definition) is 3. The van der Waals surface area contributed by atoms with Crippen LogP contribution in [0.4, 0.5) is 0 Å². The summed E-state index contributed by atoms with van der Waals surface area (Å²) in [5.74, 6) is 1.78. The number of nitrogens with zero attached hydrogens (tertiary/aromatic N) is 3. The van der Waals surface area contributed by atoms with Crippen molar-refractivity contribution in [2.24, 2.45) is 11.8 Å². The van der Waals surface area contributed by atoms with Gasteiger partial charge in [0.25, 0.3) is 0 Å². The summed E-state index contributed by atoms with van der Waals surface area (Å²) in [4.78, 5) is 7.42. The highest BCUT2D eigenvalue weighted by Crippen LogP contribution is 2.29. The minimum Gasteiger partial charge on any atom is -0.306 e. The summed E-state index contributed by atoms with van der Waals surface area (Å²) >= 11 is 0. The zero-order valence-corrected chi connectivity index (χ0v) is 11.5. The van der Waals surface area contributed by atoms with Gasteiger partial charge in [-0.2, -0.15) is 0 Å². The maximum Gasteiger partial charge on any atom is 0.0344 e. The standard InChI is InChI=1S/C13H27N3/c1-10(12-6-15(5)7-12)11(2)16-8-13(9-16)14(3)4/h10-13H,6-9H2,1-5H3. The molecule has 3 heteroatoms. The van der Waals surface area contributed by atoms with E-state index in [2.05, 4.69) is 49.7 Å². The summed E-state index contributed by atoms with van der Waals surface area (Å²) in [5, 5.41) is 0. The summed E-state index contributed by atoms with van der Waals surface area (Å²) in [6.07, 6.45) is 0. The Kier molecular flexibility index (Phi) is 3.57. The summed E-state index contributed by atoms with van der Waals surface area (Å²) in [7, 11) is 6.60. The molecule has 2 saturated heterocycles. The van der Waals surface area contributed by atoms with Gasteiger partial charge in [0.15, 0.2) is 0 Å². The second-order valence-electron chi connectivity index (χ2n) is 6.15. The van der Waals surface area contributed by atoms with Gasteiger partial charge in [-0.3, -0.25) is 4.90 Å². The number of hydrogen-bond donors (Lipinski definition) is 0. The monoisotopic (exact) mass is 225 g/mol. The molecular formula is C13H27N3. The molecule has 2 aliphatic rings. The van der Waals surface area contributed by atoms with E-state index >= 15 is 0 Å². The molecule has 3 nitrogen and oxygen atoms in total. The van der Waals surface area contributed by atoms with Crippen LogP contribution in [0.3, 0.4) is 0 Å². The average Bonchev–Trinajstić information content (AvgIpc) is 2.08. The van der Waals surface area contributed by atoms with E-state index in [1.165, 1.54) is 26.2 Å². The number of likely N-dealkylation sites (N-methyl/N-ethyl adjacent to an activating group) is 1. The minimum atomic E-state index is 0.759. The highest BCUT2D eigenvalue weighted by atomic mass is 15.3. The van der Waals surface area contributed by atoms with Gasteiger partial charge < -0.3 is 9.80 Å². The molecule has 0 aromatic carbocycles. The summed E-state index contributed by atoms with van der Waals surface area (Å²) < 4.78 is 0. The quantitative estimate of drug-likeness (QED) is 0.701. The third kappa shape index (κ3) is 2.27. The third-order valence-electron chi connectivity index (χ3n) is 4.79. The zero-order chi connectivity index (χ0) is 11.9. The summed E-state index contributed by atoms with van der Waals surface area (Å²) in [6, 6.07) is 1.55. The van der Waals surface area contributed by atoms with Crippen molar-refractivity contribution >= 4 is 0 Å². The van der Waals surface area contributed by atoms with Crippen LogP contribution in [0.1, 0.15) is 13.8 Å². The Labute approximate surface area is 100 Å². The van der Waals surface area contributed by atoms with E-state index in [9.17, 15) is 0 Å². The van der Waals surface area contributed by atoms with Crippen LogP contribution in [0.25, 0.3) is 0 Å². The fourth-order valence-electron chi connectivity index (χ4n) is 2.95. The van der Waals surface area contributed by atoms with Crippen LogP contribution >= 0.6 is 0 Å². The minimum absolute atomic E-state index is 0.759. The van der Waals surface area contributed by atoms with Gasteiger partial charge in [-0.15, -0.1) is 0 Å². The molecule has 0 aromatic heterocycles. The first-order chi connectivity index (χ1) is 7.49. The molecule has 0 aromatic rings. The fraction of sp³-hybridized carbons (Fsp3) is 1.00. The highest BCUT2D eigenvalue weighted by Gasteiger charge is 2.38. The Morgan fingerprint density at radius 1 is 1.06 bits per heavy atom. The molecule has 16 heavy (non-hydrogen) atoms. The van der Waals surface area contributed by atoms with Crippen molar-refractivity contribution in [1.29, 1.82) is 0 Å². The van der Waals surface area contributed by atoms with E-state index in [1.54, 1.807) is 0 Å². The molecule has 2 fully saturated rings. The van der Waals surface area contributed by atoms with Crippen molar-refractivity contribution in [3.63, 3.8) is 0 Å². The van der Waals surface area contributed by atoms with Crippen LogP contribution in [0.15, 0.2) is 0 Å². The highest BCUT2D eigenvalue weighted by molar-refractivity contribution is 4.93. The predicted molar refractivity (Wildman–Crippen MR) is 68.7 cm³/mol. The molecule has 0 bridgehead atoms. The van der Waals surface area contributed by atoms with Crippen LogP contribution in [-0.4, -0.2) is 74.1 Å². The van der Waals surface area contributed by atoms with Crippen molar-refractivity contribution in [3.05, 3.63) is 0 Å². The van der Waals surface area contributed by atoms with Gasteiger partial charge in [0.05, 0.1) is 0 Å². The van der Waals surface area contributed by atoms with Gasteiger partial charge in [0.1, 0.15) is 0 Å². The Balaban J connectivity index is 1.74. The molecule has 0 aliphatic carbocycles. The summed E-state index contributed by atoms with van der Waals surface area (Å²) in [5.41, 5.74) is 0. The van der Waals surface area contributed by atoms with E-state index in [4.69, 9.17) is 0 Å². The van der Waals surface area contributed by atoms with Crippen LogP contribution < -0.4 is 0 Å². The Bertz CT molecular complexity index is 229. The van der Waals surface area contributed by atoms with Gasteiger partial charge in [-0.05, 0) is 39.9 Å². The fourth-order valence-corrected chi connectivity index (χ4v) is 2.95. The average molecular weight is 225 g/mol. The lowest BCUT2D eigenvalue weighted by Gasteiger charge is -2.51. The zero-order valence-electron chi connectivity index (χ0n) is 11.5. The Morgan fingerprint density at radius 2 is 1.62 bits per heavy atom. The smallest absolute Gasteiger partial charge is 0.0344 e. The van der Waals surface area contributed by atoms with E-state index in [1.807, 2.05) is 0 Å². The molecule has 0 saturated carbocycles. The van der Waals surface area contributed by atoms with Gasteiger partial charge in [0.2, 0.25) is 0 Å². The van der Waals surface area contributed by atoms with Crippen molar-refractivity contribution in [2.45, 2.75) is 25.9 Å². The number of likely N-dealkylation sites (tertiary alicyclic amines) is 2. The lowest BCUT2D eigenvalue weighted by atomic mass is 9.81. The Hall–Kier alpha value is -0.120. The molecule has 0 radical (unpaired) electrons. The van der Waals surface area contributed by atoms with Gasteiger partial charge >= 0.3 is 0 Å². The molecule has 94 valence electrons. The molecule has 0 N–H and O–H groups in total. The topological polar surface area (TPSA) is 9.72 Å². The molecule has 2 heterocycles. The van der Waals surface area contributed by atoms with Crippen molar-refractivity contribution in [2.75, 3.05) is 47.3 Å². The van der Waals surface area contributed by atoms with Crippen LogP contribution in [0.2, 0.25) is 0 Å². The first kappa shape index (κ1) is 12.3. The second kappa shape index (κ2) is 4.63. The largest absolute Gasteiger partial charge is 0.306 e. The van der Waals surface area contributed by atoms with Crippen LogP contribution in [-0.2, 0) is 0 Å². The Morgan fingerprint density at radius 3 is 2.06 bits per heavy atom. The molecule has 0 amide bonds. The lowest BCUT2D eigenvalue weighted by molar-refractivity contribution is -0.0186. The van der Waals surface area contributed by atoms with Crippen molar-refractivity contribution < 1.29 is 0 Å². The van der Waals surface area contributed by atoms with E-state index in [0.717, 1.165) is 23.9 Å². The maximum atomic E-state index is 2.65. The van der Waals surface area contributed by atoms with E-state index < -0.39 is 0 Å². The van der Waals surface area contributed by atoms with Crippen LogP contribution in [0.5, 0.6) is 0 Å². The molecular weight excluding hydrogens is 198 g/mol. The van der Waals surface area contributed by atoms with Crippen molar-refractivity contribution in [3.8, 4) is 0 Å². The molecule has 2 unspecified atom stereocenters. The van der Waals surface area contributed by atoms with E-state index in [-0.39, 0.29) is 0 Å². The van der Waals surface area contributed by atoms with Crippen LogP contribution in [0, 0.1) is 11.8 Å². The predicted octanol–water partition coefficient (Wildman–Crippen LogP) is 0.818.